The van der Waals surface area contributed by atoms with E-state index in [2.05, 4.69) is 48.0 Å². The Morgan fingerprint density at radius 2 is 2.19 bits per heavy atom. The number of carbonyl (C=O) groups excluding carboxylic acids is 1. The van der Waals surface area contributed by atoms with Crippen molar-refractivity contribution in [1.82, 2.24) is 14.7 Å². The van der Waals surface area contributed by atoms with Crippen LogP contribution in [0, 0.1) is 0 Å². The van der Waals surface area contributed by atoms with Gasteiger partial charge in [0.2, 0.25) is 0 Å². The number of amides is 1. The van der Waals surface area contributed by atoms with E-state index in [-0.39, 0.29) is 11.4 Å². The Morgan fingerprint density at radius 1 is 1.38 bits per heavy atom. The molecule has 0 radical (unpaired) electrons. The third-order valence-corrected chi connectivity index (χ3v) is 4.49. The Bertz CT molecular complexity index is 815. The molecule has 3 rings (SSSR count). The average Bonchev–Trinajstić information content (AvgIpc) is 2.96. The lowest BCUT2D eigenvalue weighted by atomic mass is 9.91. The van der Waals surface area contributed by atoms with Crippen molar-refractivity contribution < 1.29 is 4.79 Å². The lowest BCUT2D eigenvalue weighted by Gasteiger charge is -2.25. The van der Waals surface area contributed by atoms with Gasteiger partial charge in [-0.25, -0.2) is 4.98 Å². The number of nitrogens with two attached hydrogens (primary N) is 1. The quantitative estimate of drug-likeness (QED) is 0.720. The van der Waals surface area contributed by atoms with E-state index in [4.69, 9.17) is 10.7 Å². The first-order chi connectivity index (χ1) is 12.4. The number of nitrogens with one attached hydrogen (secondary N) is 2. The first-order valence-electron chi connectivity index (χ1n) is 9.32. The van der Waals surface area contributed by atoms with Crippen molar-refractivity contribution in [3.05, 3.63) is 41.7 Å². The van der Waals surface area contributed by atoms with Crippen LogP contribution in [-0.2, 0) is 0 Å². The molecule has 0 fully saturated rings. The number of nitrogens with zero attached hydrogens (tertiary/aromatic N) is 2. The second-order valence-electron chi connectivity index (χ2n) is 7.89. The van der Waals surface area contributed by atoms with Gasteiger partial charge in [0.25, 0.3) is 5.91 Å². The minimum Gasteiger partial charge on any atom is -0.365 e. The molecule has 0 spiro atoms. The third-order valence-electron chi connectivity index (χ3n) is 4.49. The maximum Gasteiger partial charge on any atom is 0.251 e. The van der Waals surface area contributed by atoms with Gasteiger partial charge in [-0.1, -0.05) is 12.2 Å². The summed E-state index contributed by atoms with van der Waals surface area (Å²) in [7, 11) is 0. The zero-order valence-corrected chi connectivity index (χ0v) is 15.9. The van der Waals surface area contributed by atoms with Gasteiger partial charge in [-0.05, 0) is 52.2 Å². The average molecular weight is 355 g/mol. The highest BCUT2D eigenvalue weighted by molar-refractivity contribution is 5.95. The molecule has 6 heteroatoms. The molecule has 0 saturated heterocycles. The molecule has 1 atom stereocenters. The van der Waals surface area contributed by atoms with Crippen LogP contribution >= 0.6 is 0 Å². The highest BCUT2D eigenvalue weighted by Crippen LogP contribution is 2.35. The van der Waals surface area contributed by atoms with E-state index in [1.807, 2.05) is 18.3 Å². The van der Waals surface area contributed by atoms with Crippen LogP contribution in [0.25, 0.3) is 5.65 Å². The van der Waals surface area contributed by atoms with Crippen molar-refractivity contribution in [2.75, 3.05) is 18.4 Å². The number of hydrogen-bond acceptors (Lipinski definition) is 4. The molecule has 2 aromatic rings. The van der Waals surface area contributed by atoms with Crippen LogP contribution in [0.3, 0.4) is 0 Å². The van der Waals surface area contributed by atoms with Crippen LogP contribution in [0.1, 0.15) is 62.0 Å². The number of fused-ring (bicyclic) bond motifs is 1. The maximum absolute atomic E-state index is 12.2. The zero-order chi connectivity index (χ0) is 18.7. The van der Waals surface area contributed by atoms with Crippen molar-refractivity contribution in [3.8, 4) is 0 Å². The lowest BCUT2D eigenvalue weighted by Crippen LogP contribution is -2.29. The van der Waals surface area contributed by atoms with Crippen molar-refractivity contribution in [1.29, 1.82) is 0 Å². The molecule has 1 unspecified atom stereocenters. The largest absolute Gasteiger partial charge is 0.365 e. The van der Waals surface area contributed by atoms with Crippen LogP contribution in [0.4, 0.5) is 5.82 Å². The summed E-state index contributed by atoms with van der Waals surface area (Å²) in [5, 5.41) is 6.42. The second kappa shape index (κ2) is 7.50. The summed E-state index contributed by atoms with van der Waals surface area (Å²) in [4.78, 5) is 17.1. The molecule has 2 heterocycles. The minimum absolute atomic E-state index is 0.0770. The fraction of sp³-hybridized carbons (Fsp3) is 0.500. The number of pyridine rings is 1. The van der Waals surface area contributed by atoms with Gasteiger partial charge in [-0.3, -0.25) is 9.20 Å². The predicted molar refractivity (Wildman–Crippen MR) is 106 cm³/mol. The van der Waals surface area contributed by atoms with E-state index in [0.29, 0.717) is 24.6 Å². The first kappa shape index (κ1) is 18.5. The van der Waals surface area contributed by atoms with Gasteiger partial charge < -0.3 is 16.4 Å². The number of imidazole rings is 1. The van der Waals surface area contributed by atoms with Crippen molar-refractivity contribution in [2.45, 2.75) is 51.5 Å². The smallest absolute Gasteiger partial charge is 0.251 e. The monoisotopic (exact) mass is 355 g/mol. The number of carbonyl (C=O) groups is 1. The molecule has 1 aliphatic carbocycles. The van der Waals surface area contributed by atoms with Crippen LogP contribution in [-0.4, -0.2) is 33.9 Å². The van der Waals surface area contributed by atoms with E-state index in [0.717, 1.165) is 36.4 Å². The molecular formula is C20H29N5O. The number of allylic oxidation sites excluding steroid dienone is 2. The van der Waals surface area contributed by atoms with Crippen molar-refractivity contribution >= 4 is 17.4 Å². The maximum atomic E-state index is 12.2. The molecule has 1 amide bonds. The summed E-state index contributed by atoms with van der Waals surface area (Å²) in [6.07, 6.45) is 9.60. The van der Waals surface area contributed by atoms with Gasteiger partial charge >= 0.3 is 0 Å². The van der Waals surface area contributed by atoms with Gasteiger partial charge in [-0.2, -0.15) is 0 Å². The standard InChI is InChI=1S/C20H29N5O/c1-20(2,3)24-18-17(14-7-5-4-6-8-14)23-16-13-15(9-12-25(16)18)19(26)22-11-10-21/h4-5,9,12-14,24H,6-8,10-11,21H2,1-3H3,(H,22,26). The number of anilines is 1. The van der Waals surface area contributed by atoms with E-state index in [9.17, 15) is 4.79 Å². The Balaban J connectivity index is 2.02. The third kappa shape index (κ3) is 4.07. The molecule has 0 bridgehead atoms. The molecule has 6 nitrogen and oxygen atoms in total. The normalized spacial score (nSPS) is 17.5. The van der Waals surface area contributed by atoms with Crippen LogP contribution in [0.2, 0.25) is 0 Å². The van der Waals surface area contributed by atoms with E-state index in [1.54, 1.807) is 0 Å². The Labute approximate surface area is 154 Å². The SMILES string of the molecule is CC(C)(C)Nc1c(C2CC=CCC2)nc2cc(C(=O)NCCN)ccn12. The zero-order valence-electron chi connectivity index (χ0n) is 15.9. The minimum atomic E-state index is -0.117. The van der Waals surface area contributed by atoms with Crippen molar-refractivity contribution in [2.24, 2.45) is 5.73 Å². The molecular weight excluding hydrogens is 326 g/mol. The molecule has 2 aromatic heterocycles. The fourth-order valence-corrected chi connectivity index (χ4v) is 3.30. The summed E-state index contributed by atoms with van der Waals surface area (Å²) in [6, 6.07) is 3.68. The molecule has 0 aliphatic heterocycles. The van der Waals surface area contributed by atoms with Gasteiger partial charge in [0.1, 0.15) is 11.5 Å². The van der Waals surface area contributed by atoms with Crippen LogP contribution < -0.4 is 16.4 Å². The molecule has 26 heavy (non-hydrogen) atoms. The predicted octanol–water partition coefficient (Wildman–Crippen LogP) is 3.06. The molecule has 140 valence electrons. The molecule has 1 aliphatic rings. The lowest BCUT2D eigenvalue weighted by molar-refractivity contribution is 0.0954. The number of rotatable bonds is 5. The summed E-state index contributed by atoms with van der Waals surface area (Å²) in [5.74, 6) is 1.31. The van der Waals surface area contributed by atoms with E-state index < -0.39 is 0 Å². The first-order valence-corrected chi connectivity index (χ1v) is 9.32. The van der Waals surface area contributed by atoms with Crippen LogP contribution in [0.5, 0.6) is 0 Å². The topological polar surface area (TPSA) is 84.5 Å². The van der Waals surface area contributed by atoms with E-state index in [1.165, 1.54) is 0 Å². The van der Waals surface area contributed by atoms with Crippen LogP contribution in [0.15, 0.2) is 30.5 Å². The van der Waals surface area contributed by atoms with Gasteiger partial charge in [-0.15, -0.1) is 0 Å². The summed E-state index contributed by atoms with van der Waals surface area (Å²) < 4.78 is 2.05. The van der Waals surface area contributed by atoms with E-state index >= 15 is 0 Å². The number of hydrogen-bond donors (Lipinski definition) is 3. The molecule has 0 saturated carbocycles. The fourth-order valence-electron chi connectivity index (χ4n) is 3.30. The summed E-state index contributed by atoms with van der Waals surface area (Å²) >= 11 is 0. The Hall–Kier alpha value is -2.34. The highest BCUT2D eigenvalue weighted by Gasteiger charge is 2.24. The summed E-state index contributed by atoms with van der Waals surface area (Å²) in [5.41, 5.74) is 7.87. The highest BCUT2D eigenvalue weighted by atomic mass is 16.1. The molecule has 4 N–H and O–H groups in total. The second-order valence-corrected chi connectivity index (χ2v) is 7.89. The number of aromatic nitrogens is 2. The molecule has 0 aromatic carbocycles. The Morgan fingerprint density at radius 3 is 2.85 bits per heavy atom. The summed E-state index contributed by atoms with van der Waals surface area (Å²) in [6.45, 7) is 7.33. The van der Waals surface area contributed by atoms with Crippen molar-refractivity contribution in [3.63, 3.8) is 0 Å². The Kier molecular flexibility index (Phi) is 5.32. The van der Waals surface area contributed by atoms with Gasteiger partial charge in [0, 0.05) is 36.3 Å². The van der Waals surface area contributed by atoms with Gasteiger partial charge in [0.05, 0.1) is 5.69 Å². The van der Waals surface area contributed by atoms with Gasteiger partial charge in [0.15, 0.2) is 0 Å².